The Hall–Kier alpha value is -2.96. The molecule has 2 atom stereocenters. The van der Waals surface area contributed by atoms with Gasteiger partial charge in [0.05, 0.1) is 7.11 Å². The van der Waals surface area contributed by atoms with Gasteiger partial charge >= 0.3 is 5.97 Å². The SMILES string of the molecule is COC(=O)C(F)(c1ccc(Cl)cc1)C(O)(Cc1ccc(F)c(Oc2ccccc2)c1)CC1CC1. The van der Waals surface area contributed by atoms with Crippen molar-refractivity contribution in [3.8, 4) is 11.5 Å². The number of carbonyl (C=O) groups excluding carboxylic acids is 1. The van der Waals surface area contributed by atoms with Crippen LogP contribution in [0.25, 0.3) is 0 Å². The first-order valence-electron chi connectivity index (χ1n) is 11.0. The van der Waals surface area contributed by atoms with Gasteiger partial charge in [0.2, 0.25) is 0 Å². The van der Waals surface area contributed by atoms with Crippen LogP contribution in [0.2, 0.25) is 5.02 Å². The molecule has 178 valence electrons. The van der Waals surface area contributed by atoms with E-state index in [-0.39, 0.29) is 30.1 Å². The van der Waals surface area contributed by atoms with Gasteiger partial charge < -0.3 is 14.6 Å². The Morgan fingerprint density at radius 1 is 1.09 bits per heavy atom. The Labute approximate surface area is 202 Å². The third kappa shape index (κ3) is 4.93. The van der Waals surface area contributed by atoms with Crippen molar-refractivity contribution in [2.24, 2.45) is 5.92 Å². The lowest BCUT2D eigenvalue weighted by Gasteiger charge is -2.40. The molecule has 3 aromatic carbocycles. The molecule has 1 N–H and O–H groups in total. The van der Waals surface area contributed by atoms with Crippen molar-refractivity contribution in [1.29, 1.82) is 0 Å². The predicted molar refractivity (Wildman–Crippen MR) is 125 cm³/mol. The summed E-state index contributed by atoms with van der Waals surface area (Å²) < 4.78 is 41.8. The molecule has 1 fully saturated rings. The molecular weight excluding hydrogens is 462 g/mol. The highest BCUT2D eigenvalue weighted by molar-refractivity contribution is 6.30. The second kappa shape index (κ2) is 9.72. The molecule has 0 heterocycles. The van der Waals surface area contributed by atoms with E-state index in [4.69, 9.17) is 21.1 Å². The van der Waals surface area contributed by atoms with E-state index < -0.39 is 23.1 Å². The number of benzene rings is 3. The normalized spacial score (nSPS) is 16.9. The van der Waals surface area contributed by atoms with Crippen molar-refractivity contribution in [3.63, 3.8) is 0 Å². The van der Waals surface area contributed by atoms with Crippen LogP contribution in [-0.2, 0) is 21.6 Å². The van der Waals surface area contributed by atoms with Crippen LogP contribution in [0.3, 0.4) is 0 Å². The number of esters is 1. The van der Waals surface area contributed by atoms with Crippen molar-refractivity contribution in [3.05, 3.63) is 94.8 Å². The highest BCUT2D eigenvalue weighted by Crippen LogP contribution is 2.49. The molecule has 1 saturated carbocycles. The van der Waals surface area contributed by atoms with Crippen LogP contribution in [0.5, 0.6) is 11.5 Å². The lowest BCUT2D eigenvalue weighted by molar-refractivity contribution is -0.182. The highest BCUT2D eigenvalue weighted by Gasteiger charge is 2.60. The zero-order valence-electron chi connectivity index (χ0n) is 18.6. The fourth-order valence-electron chi connectivity index (χ4n) is 4.22. The van der Waals surface area contributed by atoms with Gasteiger partial charge in [-0.25, -0.2) is 13.6 Å². The van der Waals surface area contributed by atoms with E-state index in [1.54, 1.807) is 24.3 Å². The molecule has 0 aromatic heterocycles. The molecular formula is C27H25ClF2O4. The van der Waals surface area contributed by atoms with Crippen LogP contribution in [0, 0.1) is 11.7 Å². The molecule has 1 aliphatic carbocycles. The van der Waals surface area contributed by atoms with Crippen LogP contribution in [0.1, 0.15) is 30.4 Å². The van der Waals surface area contributed by atoms with Crippen molar-refractivity contribution < 1.29 is 28.2 Å². The molecule has 4 rings (SSSR count). The number of hydrogen-bond donors (Lipinski definition) is 1. The number of ether oxygens (including phenoxy) is 2. The average Bonchev–Trinajstić information content (AvgIpc) is 3.65. The maximum Gasteiger partial charge on any atom is 0.351 e. The average molecular weight is 487 g/mol. The molecule has 0 saturated heterocycles. The van der Waals surface area contributed by atoms with Gasteiger partial charge in [0, 0.05) is 17.0 Å². The Kier molecular flexibility index (Phi) is 6.91. The standard InChI is InChI=1S/C27H25ClF2O4/c1-33-25(31)27(30,20-10-12-21(28)13-11-20)26(32,16-18-7-8-18)17-19-9-14-23(29)24(15-19)34-22-5-3-2-4-6-22/h2-6,9-15,18,32H,7-8,16-17H2,1H3. The molecule has 0 aliphatic heterocycles. The molecule has 2 unspecified atom stereocenters. The van der Waals surface area contributed by atoms with E-state index in [1.165, 1.54) is 42.5 Å². The van der Waals surface area contributed by atoms with Crippen LogP contribution >= 0.6 is 11.6 Å². The summed E-state index contributed by atoms with van der Waals surface area (Å²) in [5.41, 5.74) is -4.68. The van der Waals surface area contributed by atoms with E-state index >= 15 is 4.39 Å². The number of methoxy groups -OCH3 is 1. The number of alkyl halides is 1. The summed E-state index contributed by atoms with van der Waals surface area (Å²) in [6.45, 7) is 0. The fraction of sp³-hybridized carbons (Fsp3) is 0.296. The van der Waals surface area contributed by atoms with E-state index in [9.17, 15) is 14.3 Å². The summed E-state index contributed by atoms with van der Waals surface area (Å²) in [6, 6.07) is 18.4. The summed E-state index contributed by atoms with van der Waals surface area (Å²) in [5, 5.41) is 12.2. The summed E-state index contributed by atoms with van der Waals surface area (Å²) in [7, 11) is 1.08. The summed E-state index contributed by atoms with van der Waals surface area (Å²) in [6.07, 6.45) is 1.43. The number of para-hydroxylation sites is 1. The van der Waals surface area contributed by atoms with Crippen molar-refractivity contribution in [2.45, 2.75) is 37.0 Å². The molecule has 1 aliphatic rings. The van der Waals surface area contributed by atoms with Gasteiger partial charge in [-0.2, -0.15) is 0 Å². The van der Waals surface area contributed by atoms with E-state index in [0.717, 1.165) is 20.0 Å². The van der Waals surface area contributed by atoms with Crippen LogP contribution < -0.4 is 4.74 Å². The van der Waals surface area contributed by atoms with Gasteiger partial charge in [0.15, 0.2) is 11.6 Å². The number of hydrogen-bond acceptors (Lipinski definition) is 4. The van der Waals surface area contributed by atoms with Gasteiger partial charge in [-0.15, -0.1) is 0 Å². The molecule has 0 bridgehead atoms. The molecule has 3 aromatic rings. The van der Waals surface area contributed by atoms with Gasteiger partial charge in [-0.05, 0) is 54.3 Å². The first kappa shape index (κ1) is 24.2. The number of halogens is 3. The Morgan fingerprint density at radius 3 is 2.38 bits per heavy atom. The lowest BCUT2D eigenvalue weighted by atomic mass is 9.72. The fourth-order valence-corrected chi connectivity index (χ4v) is 4.35. The highest BCUT2D eigenvalue weighted by atomic mass is 35.5. The molecule has 0 radical (unpaired) electrons. The summed E-state index contributed by atoms with van der Waals surface area (Å²) in [5.74, 6) is -1.37. The first-order valence-corrected chi connectivity index (χ1v) is 11.4. The molecule has 0 amide bonds. The van der Waals surface area contributed by atoms with E-state index in [2.05, 4.69) is 0 Å². The quantitative estimate of drug-likeness (QED) is 0.356. The minimum absolute atomic E-state index is 0.0352. The second-order valence-electron chi connectivity index (χ2n) is 8.69. The van der Waals surface area contributed by atoms with Crippen molar-refractivity contribution in [2.75, 3.05) is 7.11 Å². The zero-order valence-corrected chi connectivity index (χ0v) is 19.4. The Balaban J connectivity index is 1.74. The van der Waals surface area contributed by atoms with Gasteiger partial charge in [0.1, 0.15) is 11.4 Å². The third-order valence-electron chi connectivity index (χ3n) is 6.14. The molecule has 34 heavy (non-hydrogen) atoms. The largest absolute Gasteiger partial charge is 0.466 e. The summed E-state index contributed by atoms with van der Waals surface area (Å²) in [4.78, 5) is 12.8. The number of aliphatic hydroxyl groups is 1. The second-order valence-corrected chi connectivity index (χ2v) is 9.13. The van der Waals surface area contributed by atoms with Crippen molar-refractivity contribution >= 4 is 17.6 Å². The third-order valence-corrected chi connectivity index (χ3v) is 6.39. The number of rotatable bonds is 9. The monoisotopic (exact) mass is 486 g/mol. The van der Waals surface area contributed by atoms with Gasteiger partial charge in [-0.1, -0.05) is 60.8 Å². The van der Waals surface area contributed by atoms with Crippen LogP contribution in [0.15, 0.2) is 72.8 Å². The van der Waals surface area contributed by atoms with Crippen LogP contribution in [-0.4, -0.2) is 23.8 Å². The molecule has 0 spiro atoms. The van der Waals surface area contributed by atoms with E-state index in [0.29, 0.717) is 16.3 Å². The Bertz CT molecular complexity index is 1150. The topological polar surface area (TPSA) is 55.8 Å². The smallest absolute Gasteiger partial charge is 0.351 e. The van der Waals surface area contributed by atoms with Crippen molar-refractivity contribution in [1.82, 2.24) is 0 Å². The van der Waals surface area contributed by atoms with E-state index in [1.807, 2.05) is 6.07 Å². The minimum atomic E-state index is -2.87. The maximum atomic E-state index is 16.8. The lowest BCUT2D eigenvalue weighted by Crippen LogP contribution is -2.56. The molecule has 7 heteroatoms. The van der Waals surface area contributed by atoms with Gasteiger partial charge in [-0.3, -0.25) is 0 Å². The van der Waals surface area contributed by atoms with Crippen LogP contribution in [0.4, 0.5) is 8.78 Å². The maximum absolute atomic E-state index is 16.8. The predicted octanol–water partition coefficient (Wildman–Crippen LogP) is 6.38. The zero-order chi connectivity index (χ0) is 24.3. The van der Waals surface area contributed by atoms with Gasteiger partial charge in [0.25, 0.3) is 5.67 Å². The summed E-state index contributed by atoms with van der Waals surface area (Å²) >= 11 is 5.96. The molecule has 4 nitrogen and oxygen atoms in total. The first-order chi connectivity index (χ1) is 16.2. The number of carbonyl (C=O) groups is 1. The minimum Gasteiger partial charge on any atom is -0.466 e. The Morgan fingerprint density at radius 2 is 1.76 bits per heavy atom.